The van der Waals surface area contributed by atoms with Crippen LogP contribution in [0.3, 0.4) is 0 Å². The van der Waals surface area contributed by atoms with Crippen LogP contribution < -0.4 is 0 Å². The minimum atomic E-state index is -2.47. The fourth-order valence-corrected chi connectivity index (χ4v) is 1.73. The monoisotopic (exact) mass is 254 g/mol. The zero-order chi connectivity index (χ0) is 13.2. The summed E-state index contributed by atoms with van der Waals surface area (Å²) < 4.78 is 21.8. The van der Waals surface area contributed by atoms with Crippen molar-refractivity contribution >= 4 is 22.8 Å². The molecule has 1 rings (SSSR count). The number of ketones is 1. The van der Waals surface area contributed by atoms with Crippen LogP contribution in [0.1, 0.15) is 27.6 Å². The molecule has 0 N–H and O–H groups in total. The smallest absolute Gasteiger partial charge is 0.253 e. The molecule has 1 aromatic rings. The van der Waals surface area contributed by atoms with E-state index in [4.69, 9.17) is 0 Å². The molecule has 1 amide bonds. The van der Waals surface area contributed by atoms with Crippen LogP contribution in [0.4, 0.5) is 0 Å². The molecule has 0 aliphatic heterocycles. The lowest BCUT2D eigenvalue weighted by molar-refractivity contribution is 0.0827. The number of benzene rings is 1. The maximum Gasteiger partial charge on any atom is 0.253 e. The Balaban J connectivity index is 3.36. The molecular formula is C11H12NO4S-. The Morgan fingerprint density at radius 1 is 1.18 bits per heavy atom. The van der Waals surface area contributed by atoms with E-state index in [0.717, 1.165) is 0 Å². The van der Waals surface area contributed by atoms with Crippen molar-refractivity contribution < 1.29 is 18.4 Å². The predicted molar refractivity (Wildman–Crippen MR) is 61.6 cm³/mol. The zero-order valence-corrected chi connectivity index (χ0v) is 10.5. The van der Waals surface area contributed by atoms with E-state index in [1.165, 1.54) is 30.0 Å². The second kappa shape index (κ2) is 5.20. The highest BCUT2D eigenvalue weighted by molar-refractivity contribution is 7.79. The molecule has 17 heavy (non-hydrogen) atoms. The van der Waals surface area contributed by atoms with Gasteiger partial charge in [-0.15, -0.1) is 0 Å². The third-order valence-corrected chi connectivity index (χ3v) is 2.78. The van der Waals surface area contributed by atoms with Gasteiger partial charge in [-0.3, -0.25) is 13.8 Å². The van der Waals surface area contributed by atoms with E-state index in [1.54, 1.807) is 14.1 Å². The van der Waals surface area contributed by atoms with Crippen molar-refractivity contribution in [2.45, 2.75) is 11.8 Å². The van der Waals surface area contributed by atoms with Crippen LogP contribution in [0.25, 0.3) is 0 Å². The van der Waals surface area contributed by atoms with Crippen molar-refractivity contribution in [3.63, 3.8) is 0 Å². The molecule has 0 bridgehead atoms. The molecule has 1 unspecified atom stereocenters. The van der Waals surface area contributed by atoms with Crippen molar-refractivity contribution in [3.8, 4) is 0 Å². The number of rotatable bonds is 3. The molecule has 0 aliphatic carbocycles. The Morgan fingerprint density at radius 2 is 1.71 bits per heavy atom. The summed E-state index contributed by atoms with van der Waals surface area (Å²) in [5.74, 6) is -0.634. The quantitative estimate of drug-likeness (QED) is 0.591. The molecule has 6 heteroatoms. The first-order valence-corrected chi connectivity index (χ1v) is 5.87. The number of Topliss-reactive ketones (excluding diaryl/α,β-unsaturated/α-hetero) is 1. The number of hydrogen-bond donors (Lipinski definition) is 0. The van der Waals surface area contributed by atoms with Gasteiger partial charge < -0.3 is 9.45 Å². The van der Waals surface area contributed by atoms with E-state index in [1.807, 2.05) is 0 Å². The molecule has 92 valence electrons. The van der Waals surface area contributed by atoms with Gasteiger partial charge in [-0.2, -0.15) is 0 Å². The van der Waals surface area contributed by atoms with Gasteiger partial charge >= 0.3 is 0 Å². The first kappa shape index (κ1) is 13.5. The number of amides is 1. The minimum absolute atomic E-state index is 0.0668. The van der Waals surface area contributed by atoms with Crippen LogP contribution in [0.15, 0.2) is 23.1 Å². The van der Waals surface area contributed by atoms with E-state index in [9.17, 15) is 18.4 Å². The molecular weight excluding hydrogens is 242 g/mol. The van der Waals surface area contributed by atoms with Crippen molar-refractivity contribution in [1.29, 1.82) is 0 Å². The van der Waals surface area contributed by atoms with E-state index in [0.29, 0.717) is 0 Å². The fraction of sp³-hybridized carbons (Fsp3) is 0.273. The molecule has 0 fully saturated rings. The fourth-order valence-electron chi connectivity index (χ4n) is 1.28. The van der Waals surface area contributed by atoms with Crippen LogP contribution >= 0.6 is 0 Å². The number of nitrogens with zero attached hydrogens (tertiary/aromatic N) is 1. The third-order valence-electron chi connectivity index (χ3n) is 2.16. The SMILES string of the molecule is CC(=O)c1cc(C(=O)N(C)C)cc(S(=O)[O-])c1. The summed E-state index contributed by atoms with van der Waals surface area (Å²) >= 11 is -2.47. The largest absolute Gasteiger partial charge is 0.768 e. The summed E-state index contributed by atoms with van der Waals surface area (Å²) in [5.41, 5.74) is 0.388. The van der Waals surface area contributed by atoms with Gasteiger partial charge in [-0.05, 0) is 36.2 Å². The van der Waals surface area contributed by atoms with Crippen LogP contribution in [-0.4, -0.2) is 39.4 Å². The lowest BCUT2D eigenvalue weighted by Crippen LogP contribution is -2.22. The molecule has 0 aromatic heterocycles. The minimum Gasteiger partial charge on any atom is -0.768 e. The van der Waals surface area contributed by atoms with Gasteiger partial charge in [-0.25, -0.2) is 0 Å². The van der Waals surface area contributed by atoms with Crippen LogP contribution in [-0.2, 0) is 11.1 Å². The van der Waals surface area contributed by atoms with Crippen molar-refractivity contribution in [1.82, 2.24) is 4.90 Å². The summed E-state index contributed by atoms with van der Waals surface area (Å²) in [6, 6.07) is 3.89. The highest BCUT2D eigenvalue weighted by Crippen LogP contribution is 2.15. The molecule has 1 atom stereocenters. The Labute approximate surface area is 102 Å². The van der Waals surface area contributed by atoms with Crippen molar-refractivity contribution in [2.24, 2.45) is 0 Å². The Kier molecular flexibility index (Phi) is 4.14. The summed E-state index contributed by atoms with van der Waals surface area (Å²) in [4.78, 5) is 24.2. The Morgan fingerprint density at radius 3 is 2.12 bits per heavy atom. The summed E-state index contributed by atoms with van der Waals surface area (Å²) in [7, 11) is 3.10. The maximum absolute atomic E-state index is 11.7. The van der Waals surface area contributed by atoms with E-state index in [2.05, 4.69) is 0 Å². The number of hydrogen-bond acceptors (Lipinski definition) is 4. The molecule has 0 aliphatic rings. The second-order valence-electron chi connectivity index (χ2n) is 3.74. The van der Waals surface area contributed by atoms with Crippen LogP contribution in [0, 0.1) is 0 Å². The van der Waals surface area contributed by atoms with E-state index < -0.39 is 11.1 Å². The highest BCUT2D eigenvalue weighted by Gasteiger charge is 2.12. The summed E-state index contributed by atoms with van der Waals surface area (Å²) in [6.45, 7) is 1.32. The molecule has 0 spiro atoms. The lowest BCUT2D eigenvalue weighted by atomic mass is 10.1. The zero-order valence-electron chi connectivity index (χ0n) is 9.72. The average Bonchev–Trinajstić information content (AvgIpc) is 2.27. The van der Waals surface area contributed by atoms with E-state index >= 15 is 0 Å². The molecule has 5 nitrogen and oxygen atoms in total. The van der Waals surface area contributed by atoms with Gasteiger partial charge in [0.25, 0.3) is 5.91 Å². The number of carbonyl (C=O) groups excluding carboxylic acids is 2. The van der Waals surface area contributed by atoms with Gasteiger partial charge in [0.1, 0.15) is 0 Å². The summed E-state index contributed by atoms with van der Waals surface area (Å²) in [6.07, 6.45) is 0. The van der Waals surface area contributed by atoms with E-state index in [-0.39, 0.29) is 27.7 Å². The summed E-state index contributed by atoms with van der Waals surface area (Å²) in [5, 5.41) is 0. The van der Waals surface area contributed by atoms with Gasteiger partial charge in [0.2, 0.25) is 0 Å². The van der Waals surface area contributed by atoms with Gasteiger partial charge in [-0.1, -0.05) is 0 Å². The maximum atomic E-state index is 11.7. The molecule has 0 radical (unpaired) electrons. The van der Waals surface area contributed by atoms with Crippen LogP contribution in [0.2, 0.25) is 0 Å². The second-order valence-corrected chi connectivity index (χ2v) is 4.68. The Hall–Kier alpha value is -1.53. The Bertz CT molecular complexity index is 464. The topological polar surface area (TPSA) is 77.5 Å². The standard InChI is InChI=1S/C11H13NO4S/c1-7(13)8-4-9(11(14)12(2)3)6-10(5-8)17(15)16/h4-6H,1-3H3,(H,15,16)/p-1. The van der Waals surface area contributed by atoms with Gasteiger partial charge in [0, 0.05) is 30.1 Å². The molecule has 0 saturated carbocycles. The lowest BCUT2D eigenvalue weighted by Gasteiger charge is -2.13. The van der Waals surface area contributed by atoms with Crippen LogP contribution in [0.5, 0.6) is 0 Å². The van der Waals surface area contributed by atoms with Crippen molar-refractivity contribution in [2.75, 3.05) is 14.1 Å². The predicted octanol–water partition coefficient (Wildman–Crippen LogP) is 0.829. The van der Waals surface area contributed by atoms with Gasteiger partial charge in [0.15, 0.2) is 5.78 Å². The first-order valence-electron chi connectivity index (χ1n) is 4.80. The first-order chi connectivity index (χ1) is 7.82. The average molecular weight is 254 g/mol. The third kappa shape index (κ3) is 3.21. The molecule has 1 aromatic carbocycles. The molecule has 0 saturated heterocycles. The number of carbonyl (C=O) groups is 2. The normalized spacial score (nSPS) is 12.0. The highest BCUT2D eigenvalue weighted by atomic mass is 32.2. The van der Waals surface area contributed by atoms with Gasteiger partial charge in [0.05, 0.1) is 0 Å². The van der Waals surface area contributed by atoms with Crippen molar-refractivity contribution in [3.05, 3.63) is 29.3 Å². The molecule has 0 heterocycles.